The van der Waals surface area contributed by atoms with E-state index in [-0.39, 0.29) is 0 Å². The van der Waals surface area contributed by atoms with Crippen molar-refractivity contribution in [1.29, 1.82) is 0 Å². The molecular formula is C14H18BrN. The minimum atomic E-state index is 0.957. The van der Waals surface area contributed by atoms with Gasteiger partial charge in [0.2, 0.25) is 0 Å². The normalized spacial score (nSPS) is 20.4. The first-order valence-corrected chi connectivity index (χ1v) is 7.16. The Hall–Kier alpha value is -0.500. The van der Waals surface area contributed by atoms with Crippen molar-refractivity contribution in [2.45, 2.75) is 32.1 Å². The van der Waals surface area contributed by atoms with Crippen LogP contribution < -0.4 is 4.90 Å². The highest BCUT2D eigenvalue weighted by atomic mass is 79.9. The summed E-state index contributed by atoms with van der Waals surface area (Å²) in [5.74, 6) is 0.957. The van der Waals surface area contributed by atoms with E-state index in [1.165, 1.54) is 60.9 Å². The number of hydrogen-bond donors (Lipinski definition) is 0. The minimum Gasteiger partial charge on any atom is -0.370 e. The fourth-order valence-electron chi connectivity index (χ4n) is 2.86. The van der Waals surface area contributed by atoms with Gasteiger partial charge < -0.3 is 4.90 Å². The molecule has 1 aromatic rings. The van der Waals surface area contributed by atoms with Crippen LogP contribution in [0, 0.1) is 5.92 Å². The number of anilines is 1. The Kier molecular flexibility index (Phi) is 2.93. The molecule has 16 heavy (non-hydrogen) atoms. The molecule has 0 aromatic heterocycles. The SMILES string of the molecule is Brc1cccc2c1N(CC1CCC1)CCC2. The zero-order chi connectivity index (χ0) is 11.0. The third kappa shape index (κ3) is 1.88. The maximum absolute atomic E-state index is 3.71. The van der Waals surface area contributed by atoms with Gasteiger partial charge in [-0.15, -0.1) is 0 Å². The fourth-order valence-corrected chi connectivity index (χ4v) is 3.52. The summed E-state index contributed by atoms with van der Waals surface area (Å²) < 4.78 is 1.28. The lowest BCUT2D eigenvalue weighted by Gasteiger charge is -2.37. The Balaban J connectivity index is 1.86. The van der Waals surface area contributed by atoms with Crippen molar-refractivity contribution >= 4 is 21.6 Å². The molecule has 1 aromatic carbocycles. The summed E-state index contributed by atoms with van der Waals surface area (Å²) in [6, 6.07) is 6.63. The lowest BCUT2D eigenvalue weighted by Crippen LogP contribution is -2.36. The van der Waals surface area contributed by atoms with Crippen LogP contribution >= 0.6 is 15.9 Å². The lowest BCUT2D eigenvalue weighted by atomic mass is 9.84. The van der Waals surface area contributed by atoms with Crippen LogP contribution in [0.3, 0.4) is 0 Å². The van der Waals surface area contributed by atoms with E-state index < -0.39 is 0 Å². The molecule has 0 saturated heterocycles. The number of nitrogens with zero attached hydrogens (tertiary/aromatic N) is 1. The molecule has 3 rings (SSSR count). The maximum atomic E-state index is 3.71. The first-order chi connectivity index (χ1) is 7.84. The van der Waals surface area contributed by atoms with Crippen LogP contribution in [0.5, 0.6) is 0 Å². The molecule has 1 aliphatic heterocycles. The summed E-state index contributed by atoms with van der Waals surface area (Å²) in [6.07, 6.45) is 6.89. The first kappa shape index (κ1) is 10.6. The largest absolute Gasteiger partial charge is 0.370 e. The summed E-state index contributed by atoms with van der Waals surface area (Å²) in [5.41, 5.74) is 3.00. The quantitative estimate of drug-likeness (QED) is 0.791. The van der Waals surface area contributed by atoms with Crippen molar-refractivity contribution in [3.8, 4) is 0 Å². The number of benzene rings is 1. The van der Waals surface area contributed by atoms with Gasteiger partial charge in [0.1, 0.15) is 0 Å². The number of fused-ring (bicyclic) bond motifs is 1. The van der Waals surface area contributed by atoms with Gasteiger partial charge in [-0.25, -0.2) is 0 Å². The zero-order valence-electron chi connectivity index (χ0n) is 9.58. The second-order valence-corrected chi connectivity index (χ2v) is 5.95. The van der Waals surface area contributed by atoms with Crippen molar-refractivity contribution in [1.82, 2.24) is 0 Å². The highest BCUT2D eigenvalue weighted by molar-refractivity contribution is 9.10. The van der Waals surface area contributed by atoms with Gasteiger partial charge in [0, 0.05) is 17.6 Å². The number of aryl methyl sites for hydroxylation is 1. The van der Waals surface area contributed by atoms with E-state index in [1.807, 2.05) is 0 Å². The van der Waals surface area contributed by atoms with Gasteiger partial charge in [0.05, 0.1) is 5.69 Å². The van der Waals surface area contributed by atoms with E-state index in [4.69, 9.17) is 0 Å². The maximum Gasteiger partial charge on any atom is 0.0543 e. The van der Waals surface area contributed by atoms with Crippen molar-refractivity contribution in [2.24, 2.45) is 5.92 Å². The van der Waals surface area contributed by atoms with Gasteiger partial charge in [0.15, 0.2) is 0 Å². The molecule has 0 radical (unpaired) electrons. The van der Waals surface area contributed by atoms with E-state index in [2.05, 4.69) is 39.0 Å². The molecule has 2 aliphatic rings. The Labute approximate surface area is 106 Å². The summed E-state index contributed by atoms with van der Waals surface area (Å²) in [6.45, 7) is 2.52. The average Bonchev–Trinajstić information content (AvgIpc) is 2.24. The third-order valence-electron chi connectivity index (χ3n) is 3.96. The van der Waals surface area contributed by atoms with Gasteiger partial charge in [-0.2, -0.15) is 0 Å². The highest BCUT2D eigenvalue weighted by Gasteiger charge is 2.25. The summed E-state index contributed by atoms with van der Waals surface area (Å²) in [7, 11) is 0. The molecule has 86 valence electrons. The molecular weight excluding hydrogens is 262 g/mol. The zero-order valence-corrected chi connectivity index (χ0v) is 11.2. The summed E-state index contributed by atoms with van der Waals surface area (Å²) >= 11 is 3.71. The molecule has 1 aliphatic carbocycles. The van der Waals surface area contributed by atoms with Crippen LogP contribution in [0.15, 0.2) is 22.7 Å². The Morgan fingerprint density at radius 1 is 1.25 bits per heavy atom. The molecule has 1 saturated carbocycles. The van der Waals surface area contributed by atoms with E-state index in [0.717, 1.165) is 5.92 Å². The first-order valence-electron chi connectivity index (χ1n) is 6.37. The Morgan fingerprint density at radius 2 is 2.12 bits per heavy atom. The number of rotatable bonds is 2. The lowest BCUT2D eigenvalue weighted by molar-refractivity contribution is 0.316. The minimum absolute atomic E-state index is 0.957. The second-order valence-electron chi connectivity index (χ2n) is 5.09. The van der Waals surface area contributed by atoms with Gasteiger partial charge in [0.25, 0.3) is 0 Å². The van der Waals surface area contributed by atoms with Crippen molar-refractivity contribution in [2.75, 3.05) is 18.0 Å². The summed E-state index contributed by atoms with van der Waals surface area (Å²) in [4.78, 5) is 2.60. The van der Waals surface area contributed by atoms with E-state index in [0.29, 0.717) is 0 Å². The van der Waals surface area contributed by atoms with Gasteiger partial charge in [-0.3, -0.25) is 0 Å². The van der Waals surface area contributed by atoms with Crippen LogP contribution in [0.2, 0.25) is 0 Å². The summed E-state index contributed by atoms with van der Waals surface area (Å²) in [5, 5.41) is 0. The van der Waals surface area contributed by atoms with Crippen molar-refractivity contribution in [3.05, 3.63) is 28.2 Å². The molecule has 2 heteroatoms. The topological polar surface area (TPSA) is 3.24 Å². The molecule has 0 unspecified atom stereocenters. The average molecular weight is 280 g/mol. The molecule has 0 N–H and O–H groups in total. The predicted molar refractivity (Wildman–Crippen MR) is 72.0 cm³/mol. The van der Waals surface area contributed by atoms with Gasteiger partial charge in [-0.1, -0.05) is 18.6 Å². The predicted octanol–water partition coefficient (Wildman–Crippen LogP) is 4.00. The molecule has 0 amide bonds. The molecule has 0 spiro atoms. The van der Waals surface area contributed by atoms with Gasteiger partial charge >= 0.3 is 0 Å². The number of halogens is 1. The number of hydrogen-bond acceptors (Lipinski definition) is 1. The molecule has 0 bridgehead atoms. The Bertz CT molecular complexity index is 384. The van der Waals surface area contributed by atoms with Crippen LogP contribution in [0.4, 0.5) is 5.69 Å². The van der Waals surface area contributed by atoms with Crippen molar-refractivity contribution in [3.63, 3.8) is 0 Å². The highest BCUT2D eigenvalue weighted by Crippen LogP contribution is 2.37. The standard InChI is InChI=1S/C14H18BrN/c15-13-8-2-6-12-7-3-9-16(14(12)13)10-11-4-1-5-11/h2,6,8,11H,1,3-5,7,9-10H2. The van der Waals surface area contributed by atoms with Crippen molar-refractivity contribution < 1.29 is 0 Å². The smallest absolute Gasteiger partial charge is 0.0543 e. The second kappa shape index (κ2) is 4.40. The van der Waals surface area contributed by atoms with E-state index in [1.54, 1.807) is 0 Å². The third-order valence-corrected chi connectivity index (χ3v) is 4.60. The van der Waals surface area contributed by atoms with Crippen LogP contribution in [0.1, 0.15) is 31.2 Å². The van der Waals surface area contributed by atoms with Crippen LogP contribution in [-0.2, 0) is 6.42 Å². The van der Waals surface area contributed by atoms with Crippen LogP contribution in [0.25, 0.3) is 0 Å². The molecule has 1 heterocycles. The number of para-hydroxylation sites is 1. The van der Waals surface area contributed by atoms with Crippen LogP contribution in [-0.4, -0.2) is 13.1 Å². The monoisotopic (exact) mass is 279 g/mol. The molecule has 1 fully saturated rings. The van der Waals surface area contributed by atoms with Gasteiger partial charge in [-0.05, 0) is 59.2 Å². The fraction of sp³-hybridized carbons (Fsp3) is 0.571. The van der Waals surface area contributed by atoms with E-state index >= 15 is 0 Å². The Morgan fingerprint density at radius 3 is 2.88 bits per heavy atom. The molecule has 1 nitrogen and oxygen atoms in total. The molecule has 0 atom stereocenters. The van der Waals surface area contributed by atoms with E-state index in [9.17, 15) is 0 Å².